The molecule has 5 heteroatoms. The van der Waals surface area contributed by atoms with Crippen molar-refractivity contribution in [3.05, 3.63) is 29.8 Å². The maximum atomic E-state index is 12.1. The summed E-state index contributed by atoms with van der Waals surface area (Å²) in [6.45, 7) is 4.28. The van der Waals surface area contributed by atoms with Gasteiger partial charge in [-0.3, -0.25) is 0 Å². The number of nitrogens with zero attached hydrogens (tertiary/aromatic N) is 1. The van der Waals surface area contributed by atoms with E-state index in [2.05, 4.69) is 5.32 Å². The van der Waals surface area contributed by atoms with Gasteiger partial charge < -0.3 is 15.3 Å². The van der Waals surface area contributed by atoms with E-state index in [4.69, 9.17) is 0 Å². The summed E-state index contributed by atoms with van der Waals surface area (Å²) >= 11 is 0. The number of aryl methyl sites for hydroxylation is 1. The molecule has 1 aromatic rings. The molecule has 1 heterocycles. The van der Waals surface area contributed by atoms with E-state index in [0.29, 0.717) is 12.2 Å². The first kappa shape index (κ1) is 13.4. The first-order chi connectivity index (χ1) is 8.99. The van der Waals surface area contributed by atoms with Gasteiger partial charge in [0.15, 0.2) is 0 Å². The second-order valence-corrected chi connectivity index (χ2v) is 5.04. The normalized spacial score (nSPS) is 22.3. The number of carboxylic acid groups (broad SMARTS) is 1. The summed E-state index contributed by atoms with van der Waals surface area (Å²) in [5.74, 6) is -0.954. The van der Waals surface area contributed by atoms with Gasteiger partial charge in [-0.25, -0.2) is 9.59 Å². The fraction of sp³-hybridized carbons (Fsp3) is 0.429. The van der Waals surface area contributed by atoms with Gasteiger partial charge in [0, 0.05) is 12.2 Å². The molecule has 1 aliphatic heterocycles. The molecule has 0 radical (unpaired) electrons. The minimum Gasteiger partial charge on any atom is -0.480 e. The van der Waals surface area contributed by atoms with Crippen molar-refractivity contribution in [2.75, 3.05) is 11.9 Å². The van der Waals surface area contributed by atoms with Crippen LogP contribution in [0, 0.1) is 12.8 Å². The highest BCUT2D eigenvalue weighted by Crippen LogP contribution is 2.25. The van der Waals surface area contributed by atoms with E-state index < -0.39 is 12.0 Å². The second-order valence-electron chi connectivity index (χ2n) is 5.04. The van der Waals surface area contributed by atoms with Crippen LogP contribution in [0.5, 0.6) is 0 Å². The number of carbonyl (C=O) groups excluding carboxylic acids is 1. The molecule has 2 N–H and O–H groups in total. The fourth-order valence-corrected chi connectivity index (χ4v) is 2.47. The molecule has 5 nitrogen and oxygen atoms in total. The molecule has 1 aliphatic rings. The SMILES string of the molecule is Cc1cccc(NC(=O)N2CCC(C)C2C(=O)O)c1. The largest absolute Gasteiger partial charge is 0.480 e. The number of carbonyl (C=O) groups is 2. The van der Waals surface area contributed by atoms with Gasteiger partial charge in [0.05, 0.1) is 0 Å². The first-order valence-electron chi connectivity index (χ1n) is 6.36. The van der Waals surface area contributed by atoms with Crippen molar-refractivity contribution in [1.29, 1.82) is 0 Å². The van der Waals surface area contributed by atoms with Crippen LogP contribution in [0.3, 0.4) is 0 Å². The molecule has 1 saturated heterocycles. The number of rotatable bonds is 2. The van der Waals surface area contributed by atoms with Crippen LogP contribution in [-0.4, -0.2) is 34.6 Å². The Morgan fingerprint density at radius 1 is 1.42 bits per heavy atom. The minimum absolute atomic E-state index is 0.0132. The van der Waals surface area contributed by atoms with Gasteiger partial charge in [0.2, 0.25) is 0 Å². The van der Waals surface area contributed by atoms with Crippen LogP contribution in [0.2, 0.25) is 0 Å². The molecular formula is C14H18N2O3. The Balaban J connectivity index is 2.10. The number of anilines is 1. The molecule has 2 unspecified atom stereocenters. The molecule has 0 aromatic heterocycles. The minimum atomic E-state index is -0.940. The van der Waals surface area contributed by atoms with Gasteiger partial charge in [-0.05, 0) is 37.0 Å². The van der Waals surface area contributed by atoms with Gasteiger partial charge in [-0.1, -0.05) is 19.1 Å². The van der Waals surface area contributed by atoms with Crippen molar-refractivity contribution in [1.82, 2.24) is 4.90 Å². The summed E-state index contributed by atoms with van der Waals surface area (Å²) < 4.78 is 0. The molecule has 2 amide bonds. The monoisotopic (exact) mass is 262 g/mol. The zero-order valence-corrected chi connectivity index (χ0v) is 11.1. The van der Waals surface area contributed by atoms with Gasteiger partial charge in [-0.15, -0.1) is 0 Å². The van der Waals surface area contributed by atoms with E-state index >= 15 is 0 Å². The molecule has 0 spiro atoms. The van der Waals surface area contributed by atoms with Gasteiger partial charge in [0.1, 0.15) is 6.04 Å². The highest BCUT2D eigenvalue weighted by Gasteiger charge is 2.39. The molecular weight excluding hydrogens is 244 g/mol. The van der Waals surface area contributed by atoms with E-state index in [1.54, 1.807) is 6.07 Å². The molecule has 0 saturated carbocycles. The number of hydrogen-bond donors (Lipinski definition) is 2. The van der Waals surface area contributed by atoms with Crippen LogP contribution in [0.15, 0.2) is 24.3 Å². The van der Waals surface area contributed by atoms with Crippen molar-refractivity contribution in [2.24, 2.45) is 5.92 Å². The van der Waals surface area contributed by atoms with Crippen LogP contribution in [0.4, 0.5) is 10.5 Å². The van der Waals surface area contributed by atoms with Gasteiger partial charge in [-0.2, -0.15) is 0 Å². The number of aliphatic carboxylic acids is 1. The van der Waals surface area contributed by atoms with Crippen LogP contribution < -0.4 is 5.32 Å². The third-order valence-electron chi connectivity index (χ3n) is 3.48. The van der Waals surface area contributed by atoms with Gasteiger partial charge >= 0.3 is 12.0 Å². The lowest BCUT2D eigenvalue weighted by molar-refractivity contribution is -0.142. The molecule has 102 valence electrons. The van der Waals surface area contributed by atoms with E-state index in [1.807, 2.05) is 32.0 Å². The maximum absolute atomic E-state index is 12.1. The standard InChI is InChI=1S/C14H18N2O3/c1-9-4-3-5-11(8-9)15-14(19)16-7-6-10(2)12(16)13(17)18/h3-5,8,10,12H,6-7H2,1-2H3,(H,15,19)(H,17,18). The van der Waals surface area contributed by atoms with E-state index in [9.17, 15) is 14.7 Å². The lowest BCUT2D eigenvalue weighted by Crippen LogP contribution is -2.44. The van der Waals surface area contributed by atoms with Crippen molar-refractivity contribution >= 4 is 17.7 Å². The van der Waals surface area contributed by atoms with E-state index in [1.165, 1.54) is 4.90 Å². The Kier molecular flexibility index (Phi) is 3.74. The van der Waals surface area contributed by atoms with Gasteiger partial charge in [0.25, 0.3) is 0 Å². The average molecular weight is 262 g/mol. The Hall–Kier alpha value is -2.04. The first-order valence-corrected chi connectivity index (χ1v) is 6.36. The zero-order valence-electron chi connectivity index (χ0n) is 11.1. The molecule has 1 aromatic carbocycles. The fourth-order valence-electron chi connectivity index (χ4n) is 2.47. The summed E-state index contributed by atoms with van der Waals surface area (Å²) in [6.07, 6.45) is 0.720. The quantitative estimate of drug-likeness (QED) is 0.859. The Bertz CT molecular complexity index is 501. The van der Waals surface area contributed by atoms with Crippen molar-refractivity contribution in [2.45, 2.75) is 26.3 Å². The van der Waals surface area contributed by atoms with E-state index in [-0.39, 0.29) is 11.9 Å². The molecule has 2 atom stereocenters. The number of nitrogens with one attached hydrogen (secondary N) is 1. The molecule has 2 rings (SSSR count). The Labute approximate surface area is 112 Å². The summed E-state index contributed by atoms with van der Waals surface area (Å²) in [7, 11) is 0. The van der Waals surface area contributed by atoms with Crippen molar-refractivity contribution in [3.63, 3.8) is 0 Å². The third-order valence-corrected chi connectivity index (χ3v) is 3.48. The summed E-state index contributed by atoms with van der Waals surface area (Å²) in [4.78, 5) is 24.7. The Morgan fingerprint density at radius 2 is 2.16 bits per heavy atom. The number of urea groups is 1. The van der Waals surface area contributed by atoms with E-state index in [0.717, 1.165) is 12.0 Å². The van der Waals surface area contributed by atoms with Crippen LogP contribution in [0.25, 0.3) is 0 Å². The molecule has 0 bridgehead atoms. The highest BCUT2D eigenvalue weighted by molar-refractivity contribution is 5.92. The lowest BCUT2D eigenvalue weighted by Gasteiger charge is -2.23. The predicted octanol–water partition coefficient (Wildman–Crippen LogP) is 2.32. The van der Waals surface area contributed by atoms with Crippen molar-refractivity contribution in [3.8, 4) is 0 Å². The predicted molar refractivity (Wildman–Crippen MR) is 72.1 cm³/mol. The molecule has 0 aliphatic carbocycles. The number of hydrogen-bond acceptors (Lipinski definition) is 2. The maximum Gasteiger partial charge on any atom is 0.326 e. The third kappa shape index (κ3) is 2.86. The average Bonchev–Trinajstić information content (AvgIpc) is 2.71. The summed E-state index contributed by atoms with van der Waals surface area (Å²) in [5, 5.41) is 11.9. The number of benzene rings is 1. The number of carboxylic acids is 1. The molecule has 19 heavy (non-hydrogen) atoms. The smallest absolute Gasteiger partial charge is 0.326 e. The Morgan fingerprint density at radius 3 is 2.79 bits per heavy atom. The van der Waals surface area contributed by atoms with Crippen molar-refractivity contribution < 1.29 is 14.7 Å². The van der Waals surface area contributed by atoms with Crippen LogP contribution >= 0.6 is 0 Å². The lowest BCUT2D eigenvalue weighted by atomic mass is 10.0. The van der Waals surface area contributed by atoms with Crippen LogP contribution in [0.1, 0.15) is 18.9 Å². The topological polar surface area (TPSA) is 69.6 Å². The summed E-state index contributed by atoms with van der Waals surface area (Å²) in [6, 6.07) is 6.36. The highest BCUT2D eigenvalue weighted by atomic mass is 16.4. The molecule has 1 fully saturated rings. The second kappa shape index (κ2) is 5.30. The summed E-state index contributed by atoms with van der Waals surface area (Å²) in [5.41, 5.74) is 1.73. The number of amides is 2. The zero-order chi connectivity index (χ0) is 14.0. The van der Waals surface area contributed by atoms with Crippen LogP contribution in [-0.2, 0) is 4.79 Å². The number of likely N-dealkylation sites (tertiary alicyclic amines) is 1.